The molecule has 1 aliphatic rings. The Morgan fingerprint density at radius 2 is 2.09 bits per heavy atom. The molecule has 33 heavy (non-hydrogen) atoms. The third-order valence-corrected chi connectivity index (χ3v) is 6.04. The minimum absolute atomic E-state index is 0.0465. The molecule has 1 unspecified atom stereocenters. The van der Waals surface area contributed by atoms with Gasteiger partial charge in [-0.3, -0.25) is 9.69 Å². The van der Waals surface area contributed by atoms with E-state index in [0.717, 1.165) is 40.7 Å². The number of hydrogen-bond acceptors (Lipinski definition) is 6. The number of hydrogen-bond donors (Lipinski definition) is 1. The Morgan fingerprint density at radius 1 is 1.27 bits per heavy atom. The van der Waals surface area contributed by atoms with Crippen molar-refractivity contribution < 1.29 is 14.1 Å². The maximum absolute atomic E-state index is 12.8. The number of benzene rings is 2. The third kappa shape index (κ3) is 6.65. The maximum atomic E-state index is 12.8. The number of carbonyl (C=O) groups is 1. The second-order valence-corrected chi connectivity index (χ2v) is 9.54. The zero-order valence-electron chi connectivity index (χ0n) is 19.0. The Morgan fingerprint density at radius 3 is 2.85 bits per heavy atom. The quantitative estimate of drug-likeness (QED) is 0.466. The van der Waals surface area contributed by atoms with Crippen LogP contribution in [0.4, 0.5) is 0 Å². The van der Waals surface area contributed by atoms with Gasteiger partial charge in [0, 0.05) is 23.1 Å². The predicted molar refractivity (Wildman–Crippen MR) is 129 cm³/mol. The molecule has 2 aromatic carbocycles. The molecule has 0 spiro atoms. The number of piperidine rings is 1. The second kappa shape index (κ2) is 10.9. The van der Waals surface area contributed by atoms with Crippen LogP contribution in [0.25, 0.3) is 11.4 Å². The molecule has 4 rings (SSSR count). The van der Waals surface area contributed by atoms with E-state index < -0.39 is 0 Å². The maximum Gasteiger partial charge on any atom is 0.241 e. The number of amides is 1. The minimum atomic E-state index is -0.0465. The monoisotopic (exact) mass is 512 g/mol. The zero-order valence-corrected chi connectivity index (χ0v) is 20.5. The highest BCUT2D eigenvalue weighted by atomic mass is 79.9. The molecule has 0 aliphatic carbocycles. The number of carbonyl (C=O) groups excluding carboxylic acids is 1. The molecule has 0 bridgehead atoms. The van der Waals surface area contributed by atoms with Gasteiger partial charge in [0.1, 0.15) is 5.75 Å². The van der Waals surface area contributed by atoms with Gasteiger partial charge in [0.05, 0.1) is 18.6 Å². The molecular weight excluding hydrogens is 484 g/mol. The lowest BCUT2D eigenvalue weighted by Crippen LogP contribution is -2.42. The smallest absolute Gasteiger partial charge is 0.241 e. The number of rotatable bonds is 8. The van der Waals surface area contributed by atoms with E-state index in [4.69, 9.17) is 9.26 Å². The standard InChI is InChI=1S/C25H29BrN4O3/c1-17(2)32-22-10-8-18(9-11-22)14-27-25(31)20-6-4-12-30(15-20)16-23-28-24(29-33-23)19-5-3-7-21(26)13-19/h3,5,7-11,13,17,20H,4,6,12,14-16H2,1-2H3,(H,27,31). The number of halogens is 1. The van der Waals surface area contributed by atoms with E-state index in [1.54, 1.807) is 0 Å². The van der Waals surface area contributed by atoms with Crippen molar-refractivity contribution in [2.24, 2.45) is 5.92 Å². The lowest BCUT2D eigenvalue weighted by atomic mass is 9.97. The van der Waals surface area contributed by atoms with Crippen LogP contribution in [-0.2, 0) is 17.9 Å². The highest BCUT2D eigenvalue weighted by Crippen LogP contribution is 2.22. The van der Waals surface area contributed by atoms with Crippen LogP contribution in [0.2, 0.25) is 0 Å². The fourth-order valence-electron chi connectivity index (χ4n) is 3.96. The van der Waals surface area contributed by atoms with Crippen molar-refractivity contribution in [3.63, 3.8) is 0 Å². The summed E-state index contributed by atoms with van der Waals surface area (Å²) in [5.41, 5.74) is 1.96. The predicted octanol–water partition coefficient (Wildman–Crippen LogP) is 4.81. The second-order valence-electron chi connectivity index (χ2n) is 8.62. The van der Waals surface area contributed by atoms with Gasteiger partial charge in [0.25, 0.3) is 0 Å². The van der Waals surface area contributed by atoms with Crippen molar-refractivity contribution in [1.82, 2.24) is 20.4 Å². The highest BCUT2D eigenvalue weighted by Gasteiger charge is 2.26. The van der Waals surface area contributed by atoms with Gasteiger partial charge in [-0.15, -0.1) is 0 Å². The fraction of sp³-hybridized carbons (Fsp3) is 0.400. The summed E-state index contributed by atoms with van der Waals surface area (Å²) in [7, 11) is 0. The average Bonchev–Trinajstić information content (AvgIpc) is 3.27. The molecule has 2 heterocycles. The van der Waals surface area contributed by atoms with Gasteiger partial charge < -0.3 is 14.6 Å². The van der Waals surface area contributed by atoms with Gasteiger partial charge in [0.2, 0.25) is 17.6 Å². The van der Waals surface area contributed by atoms with E-state index in [0.29, 0.717) is 31.3 Å². The van der Waals surface area contributed by atoms with Crippen molar-refractivity contribution in [2.75, 3.05) is 13.1 Å². The van der Waals surface area contributed by atoms with Crippen molar-refractivity contribution in [3.05, 3.63) is 64.5 Å². The molecule has 1 fully saturated rings. The number of nitrogens with zero attached hydrogens (tertiary/aromatic N) is 3. The molecule has 1 aromatic heterocycles. The highest BCUT2D eigenvalue weighted by molar-refractivity contribution is 9.10. The Hall–Kier alpha value is -2.71. The molecule has 1 atom stereocenters. The normalized spacial score (nSPS) is 16.7. The van der Waals surface area contributed by atoms with E-state index >= 15 is 0 Å². The van der Waals surface area contributed by atoms with Crippen molar-refractivity contribution in [2.45, 2.75) is 45.9 Å². The molecule has 3 aromatic rings. The summed E-state index contributed by atoms with van der Waals surface area (Å²) in [6.45, 7) is 6.65. The zero-order chi connectivity index (χ0) is 23.2. The lowest BCUT2D eigenvalue weighted by molar-refractivity contribution is -0.127. The van der Waals surface area contributed by atoms with Crippen LogP contribution in [0.1, 0.15) is 38.1 Å². The number of ether oxygens (including phenoxy) is 1. The molecule has 1 aliphatic heterocycles. The molecule has 0 saturated carbocycles. The van der Waals surface area contributed by atoms with E-state index in [2.05, 4.69) is 36.3 Å². The van der Waals surface area contributed by atoms with Crippen LogP contribution in [0.3, 0.4) is 0 Å². The van der Waals surface area contributed by atoms with Crippen LogP contribution in [0.5, 0.6) is 5.75 Å². The summed E-state index contributed by atoms with van der Waals surface area (Å²) < 4.78 is 12.1. The summed E-state index contributed by atoms with van der Waals surface area (Å²) in [6, 6.07) is 15.7. The Kier molecular flexibility index (Phi) is 7.77. The topological polar surface area (TPSA) is 80.5 Å². The average molecular weight is 513 g/mol. The first-order chi connectivity index (χ1) is 16.0. The van der Waals surface area contributed by atoms with Gasteiger partial charge in [0.15, 0.2) is 0 Å². The summed E-state index contributed by atoms with van der Waals surface area (Å²) in [4.78, 5) is 19.5. The van der Waals surface area contributed by atoms with Crippen LogP contribution in [-0.4, -0.2) is 40.1 Å². The number of nitrogens with one attached hydrogen (secondary N) is 1. The van der Waals surface area contributed by atoms with E-state index in [-0.39, 0.29) is 17.9 Å². The summed E-state index contributed by atoms with van der Waals surface area (Å²) in [5.74, 6) is 2.02. The van der Waals surface area contributed by atoms with Crippen molar-refractivity contribution in [1.29, 1.82) is 0 Å². The number of likely N-dealkylation sites (tertiary alicyclic amines) is 1. The summed E-state index contributed by atoms with van der Waals surface area (Å²) in [6.07, 6.45) is 1.99. The first kappa shape index (κ1) is 23.4. The fourth-order valence-corrected chi connectivity index (χ4v) is 4.36. The Bertz CT molecular complexity index is 1070. The van der Waals surface area contributed by atoms with Crippen LogP contribution in [0.15, 0.2) is 57.5 Å². The number of aromatic nitrogens is 2. The summed E-state index contributed by atoms with van der Waals surface area (Å²) >= 11 is 3.47. The molecule has 1 N–H and O–H groups in total. The van der Waals surface area contributed by atoms with E-state index in [1.165, 1.54) is 0 Å². The lowest BCUT2D eigenvalue weighted by Gasteiger charge is -2.30. The molecule has 8 heteroatoms. The van der Waals surface area contributed by atoms with Crippen molar-refractivity contribution in [3.8, 4) is 17.1 Å². The van der Waals surface area contributed by atoms with Gasteiger partial charge in [-0.2, -0.15) is 4.98 Å². The molecule has 7 nitrogen and oxygen atoms in total. The van der Waals surface area contributed by atoms with Gasteiger partial charge in [-0.25, -0.2) is 0 Å². The Labute approximate surface area is 202 Å². The Balaban J connectivity index is 1.28. The van der Waals surface area contributed by atoms with Gasteiger partial charge in [-0.1, -0.05) is 45.4 Å². The SMILES string of the molecule is CC(C)Oc1ccc(CNC(=O)C2CCCN(Cc3nc(-c4cccc(Br)c4)no3)C2)cc1. The molecule has 174 valence electrons. The molecule has 1 saturated heterocycles. The van der Waals surface area contributed by atoms with Crippen LogP contribution < -0.4 is 10.1 Å². The first-order valence-electron chi connectivity index (χ1n) is 11.3. The van der Waals surface area contributed by atoms with Gasteiger partial charge in [-0.05, 0) is 63.1 Å². The first-order valence-corrected chi connectivity index (χ1v) is 12.1. The van der Waals surface area contributed by atoms with E-state index in [1.807, 2.05) is 62.4 Å². The molecular formula is C25H29BrN4O3. The van der Waals surface area contributed by atoms with Crippen LogP contribution in [0, 0.1) is 5.92 Å². The molecule has 0 radical (unpaired) electrons. The summed E-state index contributed by atoms with van der Waals surface area (Å²) in [5, 5.41) is 7.19. The largest absolute Gasteiger partial charge is 0.491 e. The van der Waals surface area contributed by atoms with E-state index in [9.17, 15) is 4.79 Å². The minimum Gasteiger partial charge on any atom is -0.491 e. The van der Waals surface area contributed by atoms with Gasteiger partial charge >= 0.3 is 0 Å². The van der Waals surface area contributed by atoms with Crippen LogP contribution >= 0.6 is 15.9 Å². The molecule has 1 amide bonds. The third-order valence-electron chi connectivity index (χ3n) is 5.55. The van der Waals surface area contributed by atoms with Crippen molar-refractivity contribution >= 4 is 21.8 Å².